The third-order valence-corrected chi connectivity index (χ3v) is 2.67. The van der Waals surface area contributed by atoms with Gasteiger partial charge in [0.05, 0.1) is 19.4 Å². The normalized spacial score (nSPS) is 19.0. The number of hydrogen-bond donors (Lipinski definition) is 2. The molecule has 1 heterocycles. The monoisotopic (exact) mass is 306 g/mol. The lowest BCUT2D eigenvalue weighted by Crippen LogP contribution is -2.46. The van der Waals surface area contributed by atoms with E-state index in [9.17, 15) is 13.6 Å². The summed E-state index contributed by atoms with van der Waals surface area (Å²) in [5.41, 5.74) is -0.705. The highest BCUT2D eigenvalue weighted by atomic mass is 19.3. The van der Waals surface area contributed by atoms with Gasteiger partial charge in [-0.25, -0.2) is 13.6 Å². The molecule has 0 saturated heterocycles. The van der Waals surface area contributed by atoms with Crippen molar-refractivity contribution in [1.82, 2.24) is 10.6 Å². The molecule has 0 aromatic carbocycles. The van der Waals surface area contributed by atoms with Gasteiger partial charge in [0.2, 0.25) is 0 Å². The van der Waals surface area contributed by atoms with Crippen LogP contribution in [0.1, 0.15) is 33.6 Å². The molecular formula is C14H24F2N2O3. The maximum absolute atomic E-state index is 13.6. The first kappa shape index (κ1) is 17.7. The van der Waals surface area contributed by atoms with Gasteiger partial charge in [0.15, 0.2) is 0 Å². The van der Waals surface area contributed by atoms with E-state index in [1.54, 1.807) is 27.0 Å². The van der Waals surface area contributed by atoms with Crippen LogP contribution in [0.25, 0.3) is 0 Å². The van der Waals surface area contributed by atoms with E-state index >= 15 is 0 Å². The van der Waals surface area contributed by atoms with Gasteiger partial charge in [-0.3, -0.25) is 0 Å². The minimum atomic E-state index is -3.04. The summed E-state index contributed by atoms with van der Waals surface area (Å²) in [7, 11) is 0. The van der Waals surface area contributed by atoms with Gasteiger partial charge in [0.25, 0.3) is 5.92 Å². The molecule has 1 aliphatic heterocycles. The Balaban J connectivity index is 2.20. The predicted molar refractivity (Wildman–Crippen MR) is 75.3 cm³/mol. The van der Waals surface area contributed by atoms with E-state index in [1.165, 1.54) is 0 Å². The third kappa shape index (κ3) is 8.49. The third-order valence-electron chi connectivity index (χ3n) is 2.67. The highest BCUT2D eigenvalue weighted by molar-refractivity contribution is 5.67. The number of alkyl halides is 2. The number of carbonyl (C=O) groups excluding carboxylic acids is 1. The molecule has 0 aliphatic carbocycles. The minimum absolute atomic E-state index is 0.0791. The number of halogens is 2. The van der Waals surface area contributed by atoms with Crippen LogP contribution in [0.5, 0.6) is 0 Å². The lowest BCUT2D eigenvalue weighted by Gasteiger charge is -2.23. The van der Waals surface area contributed by atoms with E-state index in [-0.39, 0.29) is 6.10 Å². The molecule has 1 rings (SSSR count). The molecule has 122 valence electrons. The Labute approximate surface area is 124 Å². The van der Waals surface area contributed by atoms with Crippen molar-refractivity contribution in [2.75, 3.05) is 19.6 Å². The summed E-state index contributed by atoms with van der Waals surface area (Å²) < 4.78 is 37.3. The zero-order valence-electron chi connectivity index (χ0n) is 12.7. The van der Waals surface area contributed by atoms with Gasteiger partial charge in [-0.15, -0.1) is 0 Å². The van der Waals surface area contributed by atoms with Crippen molar-refractivity contribution in [2.45, 2.75) is 51.2 Å². The van der Waals surface area contributed by atoms with Crippen LogP contribution in [0.15, 0.2) is 12.3 Å². The first-order chi connectivity index (χ1) is 9.68. The maximum Gasteiger partial charge on any atom is 0.407 e. The average molecular weight is 306 g/mol. The highest BCUT2D eigenvalue weighted by Gasteiger charge is 2.30. The zero-order chi connectivity index (χ0) is 15.9. The van der Waals surface area contributed by atoms with Crippen molar-refractivity contribution in [3.05, 3.63) is 12.3 Å². The number of rotatable bonds is 6. The molecule has 0 aromatic heterocycles. The van der Waals surface area contributed by atoms with Gasteiger partial charge < -0.3 is 20.1 Å². The van der Waals surface area contributed by atoms with E-state index in [0.717, 1.165) is 12.8 Å². The molecule has 5 nitrogen and oxygen atoms in total. The molecule has 0 spiro atoms. The number of ether oxygens (including phenoxy) is 2. The van der Waals surface area contributed by atoms with Crippen molar-refractivity contribution in [1.29, 1.82) is 0 Å². The van der Waals surface area contributed by atoms with E-state index in [2.05, 4.69) is 10.6 Å². The van der Waals surface area contributed by atoms with Gasteiger partial charge in [-0.05, 0) is 39.7 Å². The van der Waals surface area contributed by atoms with Crippen molar-refractivity contribution >= 4 is 6.09 Å². The predicted octanol–water partition coefficient (Wildman–Crippen LogP) is 2.43. The summed E-state index contributed by atoms with van der Waals surface area (Å²) >= 11 is 0. The Morgan fingerprint density at radius 2 is 2.10 bits per heavy atom. The van der Waals surface area contributed by atoms with Crippen LogP contribution >= 0.6 is 0 Å². The van der Waals surface area contributed by atoms with E-state index in [4.69, 9.17) is 9.47 Å². The van der Waals surface area contributed by atoms with Gasteiger partial charge >= 0.3 is 6.09 Å². The fourth-order valence-electron chi connectivity index (χ4n) is 1.73. The number of alkyl carbamates (subject to hydrolysis) is 1. The molecule has 21 heavy (non-hydrogen) atoms. The summed E-state index contributed by atoms with van der Waals surface area (Å²) in [6.45, 7) is 4.08. The SMILES string of the molecule is CC(C)(C)OC(=O)NCC(F)(F)CNCC1CCC=CO1. The molecule has 0 aromatic rings. The first-order valence-electron chi connectivity index (χ1n) is 7.04. The lowest BCUT2D eigenvalue weighted by atomic mass is 10.1. The Bertz CT molecular complexity index is 368. The second kappa shape index (κ2) is 7.59. The van der Waals surface area contributed by atoms with Crippen LogP contribution in [0, 0.1) is 0 Å². The molecule has 2 N–H and O–H groups in total. The fourth-order valence-corrected chi connectivity index (χ4v) is 1.73. The quantitative estimate of drug-likeness (QED) is 0.791. The van der Waals surface area contributed by atoms with Gasteiger partial charge in [-0.1, -0.05) is 0 Å². The molecule has 1 aliphatic rings. The van der Waals surface area contributed by atoms with Crippen molar-refractivity contribution in [3.63, 3.8) is 0 Å². The second-order valence-electron chi connectivity index (χ2n) is 6.05. The number of amides is 1. The molecular weight excluding hydrogens is 282 g/mol. The smallest absolute Gasteiger partial charge is 0.407 e. The second-order valence-corrected chi connectivity index (χ2v) is 6.05. The lowest BCUT2D eigenvalue weighted by molar-refractivity contribution is -0.00620. The topological polar surface area (TPSA) is 59.6 Å². The van der Waals surface area contributed by atoms with E-state index in [0.29, 0.717) is 6.54 Å². The molecule has 0 fully saturated rings. The number of allylic oxidation sites excluding steroid dienone is 1. The van der Waals surface area contributed by atoms with Crippen molar-refractivity contribution in [2.24, 2.45) is 0 Å². The van der Waals surface area contributed by atoms with Crippen molar-refractivity contribution < 1.29 is 23.0 Å². The summed E-state index contributed by atoms with van der Waals surface area (Å²) in [5, 5.41) is 4.74. The molecule has 1 atom stereocenters. The number of carbonyl (C=O) groups is 1. The summed E-state index contributed by atoms with van der Waals surface area (Å²) in [6.07, 6.45) is 4.27. The molecule has 1 unspecified atom stereocenters. The Morgan fingerprint density at radius 3 is 2.67 bits per heavy atom. The molecule has 1 amide bonds. The van der Waals surface area contributed by atoms with E-state index in [1.807, 2.05) is 6.08 Å². The standard InChI is InChI=1S/C14H24F2N2O3/c1-13(2,3)21-12(19)18-10-14(15,16)9-17-8-11-6-4-5-7-20-11/h5,7,11,17H,4,6,8-10H2,1-3H3,(H,18,19). The number of nitrogens with one attached hydrogen (secondary N) is 2. The Kier molecular flexibility index (Phi) is 6.39. The van der Waals surface area contributed by atoms with Crippen LogP contribution in [0.4, 0.5) is 13.6 Å². The van der Waals surface area contributed by atoms with Gasteiger partial charge in [0, 0.05) is 6.54 Å². The van der Waals surface area contributed by atoms with Crippen molar-refractivity contribution in [3.8, 4) is 0 Å². The highest BCUT2D eigenvalue weighted by Crippen LogP contribution is 2.13. The van der Waals surface area contributed by atoms with Crippen LogP contribution in [-0.2, 0) is 9.47 Å². The van der Waals surface area contributed by atoms with Gasteiger partial charge in [0.1, 0.15) is 11.7 Å². The van der Waals surface area contributed by atoms with Crippen LogP contribution in [-0.4, -0.2) is 43.4 Å². The number of hydrogen-bond acceptors (Lipinski definition) is 4. The summed E-state index contributed by atoms with van der Waals surface area (Å²) in [4.78, 5) is 11.3. The summed E-state index contributed by atoms with van der Waals surface area (Å²) in [6, 6.07) is 0. The first-order valence-corrected chi connectivity index (χ1v) is 7.04. The zero-order valence-corrected chi connectivity index (χ0v) is 12.7. The molecule has 7 heteroatoms. The Morgan fingerprint density at radius 1 is 1.38 bits per heavy atom. The Hall–Kier alpha value is -1.37. The van der Waals surface area contributed by atoms with Crippen LogP contribution in [0.2, 0.25) is 0 Å². The van der Waals surface area contributed by atoms with E-state index < -0.39 is 30.7 Å². The fraction of sp³-hybridized carbons (Fsp3) is 0.786. The molecule has 0 saturated carbocycles. The molecule has 0 radical (unpaired) electrons. The molecule has 0 bridgehead atoms. The maximum atomic E-state index is 13.6. The average Bonchev–Trinajstić information content (AvgIpc) is 2.36. The van der Waals surface area contributed by atoms with Gasteiger partial charge in [-0.2, -0.15) is 0 Å². The van der Waals surface area contributed by atoms with Crippen LogP contribution in [0.3, 0.4) is 0 Å². The summed E-state index contributed by atoms with van der Waals surface area (Å²) in [5.74, 6) is -3.04. The minimum Gasteiger partial charge on any atom is -0.497 e. The van der Waals surface area contributed by atoms with Crippen LogP contribution < -0.4 is 10.6 Å². The largest absolute Gasteiger partial charge is 0.497 e.